The molecule has 0 aliphatic heterocycles. The molecule has 3 aromatic carbocycles. The number of nitrogens with two attached hydrogens (primary N) is 1. The van der Waals surface area contributed by atoms with Crippen molar-refractivity contribution in [3.63, 3.8) is 0 Å². The van der Waals surface area contributed by atoms with Gasteiger partial charge in [-0.05, 0) is 54.8 Å². The molecule has 2 atom stereocenters. The fourth-order valence-electron chi connectivity index (χ4n) is 5.30. The Hall–Kier alpha value is -4.75. The molecule has 0 spiro atoms. The van der Waals surface area contributed by atoms with Crippen LogP contribution in [0.25, 0.3) is 0 Å². The molecule has 5 N–H and O–H groups in total. The Morgan fingerprint density at radius 2 is 1.25 bits per heavy atom. The quantitative estimate of drug-likeness (QED) is 0.148. The van der Waals surface area contributed by atoms with Crippen LogP contribution in [0, 0.1) is 11.8 Å². The van der Waals surface area contributed by atoms with Crippen LogP contribution in [-0.4, -0.2) is 63.8 Å². The zero-order chi connectivity index (χ0) is 35.1. The molecule has 0 saturated heterocycles. The largest absolute Gasteiger partial charge is 0.490 e. The average molecular weight is 672 g/mol. The Morgan fingerprint density at radius 3 is 1.69 bits per heavy atom. The Bertz CT molecular complexity index is 1450. The molecule has 0 aromatic heterocycles. The lowest BCUT2D eigenvalue weighted by atomic mass is 9.81. The number of aliphatic carboxylic acids is 2. The van der Waals surface area contributed by atoms with Crippen LogP contribution >= 0.6 is 0 Å². The molecular weight excluding hydrogens is 631 g/mol. The lowest BCUT2D eigenvalue weighted by Gasteiger charge is -2.37. The number of benzene rings is 3. The van der Waals surface area contributed by atoms with E-state index in [0.717, 1.165) is 29.5 Å². The molecule has 3 aromatic rings. The Labute approximate surface area is 276 Å². The van der Waals surface area contributed by atoms with Gasteiger partial charge in [-0.1, -0.05) is 91.0 Å². The molecule has 48 heavy (non-hydrogen) atoms. The second-order valence-corrected chi connectivity index (χ2v) is 11.5. The van der Waals surface area contributed by atoms with Gasteiger partial charge in [0.1, 0.15) is 18.7 Å². The minimum atomic E-state index is -5.08. The Kier molecular flexibility index (Phi) is 14.6. The van der Waals surface area contributed by atoms with E-state index in [1.54, 1.807) is 0 Å². The maximum Gasteiger partial charge on any atom is 0.490 e. The average Bonchev–Trinajstić information content (AvgIpc) is 3.09. The summed E-state index contributed by atoms with van der Waals surface area (Å²) in [5.74, 6) is -4.75. The van der Waals surface area contributed by atoms with Gasteiger partial charge < -0.3 is 20.7 Å². The first-order chi connectivity index (χ1) is 22.9. The lowest BCUT2D eigenvalue weighted by Crippen LogP contribution is -2.60. The van der Waals surface area contributed by atoms with Gasteiger partial charge in [-0.15, -0.1) is 0 Å². The van der Waals surface area contributed by atoms with Gasteiger partial charge in [0.15, 0.2) is 0 Å². The summed E-state index contributed by atoms with van der Waals surface area (Å²) in [5.41, 5.74) is 11.3. The summed E-state index contributed by atoms with van der Waals surface area (Å²) in [5, 5.41) is 18.6. The molecule has 1 amide bonds. The molecular formula is C35H40F3N3O7. The van der Waals surface area contributed by atoms with Gasteiger partial charge in [-0.25, -0.2) is 15.0 Å². The van der Waals surface area contributed by atoms with Crippen LogP contribution in [0.2, 0.25) is 0 Å². The molecule has 1 aliphatic rings. The number of esters is 1. The van der Waals surface area contributed by atoms with E-state index in [1.807, 2.05) is 91.0 Å². The Balaban J connectivity index is 0.000000804. The molecule has 13 heteroatoms. The summed E-state index contributed by atoms with van der Waals surface area (Å²) < 4.78 is 37.5. The van der Waals surface area contributed by atoms with E-state index < -0.39 is 36.2 Å². The van der Waals surface area contributed by atoms with E-state index in [2.05, 4.69) is 5.43 Å². The van der Waals surface area contributed by atoms with Gasteiger partial charge in [-0.2, -0.15) is 13.2 Å². The smallest absolute Gasteiger partial charge is 0.480 e. The van der Waals surface area contributed by atoms with Crippen LogP contribution in [-0.2, 0) is 43.4 Å². The summed E-state index contributed by atoms with van der Waals surface area (Å²) in [6.45, 7) is 0.616. The maximum absolute atomic E-state index is 14.1. The van der Waals surface area contributed by atoms with Crippen LogP contribution in [0.1, 0.15) is 42.4 Å². The zero-order valence-electron chi connectivity index (χ0n) is 26.2. The third kappa shape index (κ3) is 12.1. The summed E-state index contributed by atoms with van der Waals surface area (Å²) in [6.07, 6.45) is -1.89. The molecule has 1 saturated carbocycles. The number of alkyl halides is 3. The fourth-order valence-corrected chi connectivity index (χ4v) is 5.30. The van der Waals surface area contributed by atoms with Crippen LogP contribution in [0.4, 0.5) is 13.2 Å². The number of amides is 1. The van der Waals surface area contributed by atoms with Crippen molar-refractivity contribution in [2.45, 2.75) is 63.4 Å². The van der Waals surface area contributed by atoms with Gasteiger partial charge in [0, 0.05) is 18.8 Å². The molecule has 4 rings (SSSR count). The molecule has 0 heterocycles. The Morgan fingerprint density at radius 1 is 0.792 bits per heavy atom. The second kappa shape index (κ2) is 18.6. The highest BCUT2D eigenvalue weighted by Crippen LogP contribution is 2.30. The number of carboxylic acid groups (broad SMARTS) is 2. The zero-order valence-corrected chi connectivity index (χ0v) is 26.2. The van der Waals surface area contributed by atoms with Crippen molar-refractivity contribution in [3.05, 3.63) is 108 Å². The highest BCUT2D eigenvalue weighted by atomic mass is 19.4. The molecule has 10 nitrogen and oxygen atoms in total. The van der Waals surface area contributed by atoms with E-state index in [0.29, 0.717) is 25.3 Å². The first-order valence-corrected chi connectivity index (χ1v) is 15.5. The second-order valence-electron chi connectivity index (χ2n) is 11.5. The number of rotatable bonds is 13. The van der Waals surface area contributed by atoms with Crippen molar-refractivity contribution in [2.24, 2.45) is 17.6 Å². The van der Waals surface area contributed by atoms with E-state index >= 15 is 0 Å². The van der Waals surface area contributed by atoms with Crippen molar-refractivity contribution < 1.29 is 47.3 Å². The lowest BCUT2D eigenvalue weighted by molar-refractivity contribution is -0.192. The number of hydrogen-bond acceptors (Lipinski definition) is 7. The number of nitrogens with zero attached hydrogens (tertiary/aromatic N) is 1. The van der Waals surface area contributed by atoms with Crippen molar-refractivity contribution in [3.8, 4) is 0 Å². The number of halogens is 3. The summed E-state index contributed by atoms with van der Waals surface area (Å²) in [4.78, 5) is 49.2. The van der Waals surface area contributed by atoms with Crippen molar-refractivity contribution in [1.29, 1.82) is 0 Å². The highest BCUT2D eigenvalue weighted by Gasteiger charge is 2.39. The molecule has 0 unspecified atom stereocenters. The minimum Gasteiger partial charge on any atom is -0.480 e. The third-order valence-electron chi connectivity index (χ3n) is 7.96. The van der Waals surface area contributed by atoms with Gasteiger partial charge in [0.25, 0.3) is 0 Å². The number of hydrogen-bond donors (Lipinski definition) is 4. The fraction of sp³-hybridized carbons (Fsp3) is 0.371. The molecule has 1 aliphatic carbocycles. The van der Waals surface area contributed by atoms with Crippen molar-refractivity contribution in [2.75, 3.05) is 6.54 Å². The van der Waals surface area contributed by atoms with Crippen LogP contribution in [0.15, 0.2) is 91.0 Å². The van der Waals surface area contributed by atoms with Crippen molar-refractivity contribution in [1.82, 2.24) is 10.4 Å². The first kappa shape index (κ1) is 37.7. The van der Waals surface area contributed by atoms with E-state index in [4.69, 9.17) is 20.4 Å². The monoisotopic (exact) mass is 671 g/mol. The molecule has 0 radical (unpaired) electrons. The predicted molar refractivity (Wildman–Crippen MR) is 170 cm³/mol. The summed E-state index contributed by atoms with van der Waals surface area (Å²) in [6, 6.07) is 25.7. The summed E-state index contributed by atoms with van der Waals surface area (Å²) in [7, 11) is 0. The SMILES string of the molecule is NC[C@H]1CC[C@H](C(=O)N(N[C@@H](Cc2ccccc2)C(=O)O)[C@@H](Cc2ccccc2)C(=O)OCc2ccccc2)CC1.O=C(O)C(F)(F)F. The number of carbonyl (C=O) groups is 4. The van der Waals surface area contributed by atoms with Gasteiger partial charge in [-0.3, -0.25) is 14.6 Å². The van der Waals surface area contributed by atoms with Crippen LogP contribution < -0.4 is 11.2 Å². The first-order valence-electron chi connectivity index (χ1n) is 15.5. The number of nitrogens with one attached hydrogen (secondary N) is 1. The molecule has 0 bridgehead atoms. The van der Waals surface area contributed by atoms with Gasteiger partial charge in [0.2, 0.25) is 5.91 Å². The third-order valence-corrected chi connectivity index (χ3v) is 7.96. The van der Waals surface area contributed by atoms with Gasteiger partial charge >= 0.3 is 24.1 Å². The molecule has 258 valence electrons. The normalized spacial score (nSPS) is 17.2. The van der Waals surface area contributed by atoms with Crippen molar-refractivity contribution >= 4 is 23.8 Å². The number of ether oxygens (including phenoxy) is 1. The van der Waals surface area contributed by atoms with Crippen LogP contribution in [0.5, 0.6) is 0 Å². The minimum absolute atomic E-state index is 0.0426. The van der Waals surface area contributed by atoms with Gasteiger partial charge in [0.05, 0.1) is 0 Å². The number of carbonyl (C=O) groups excluding carboxylic acids is 2. The molecule has 1 fully saturated rings. The maximum atomic E-state index is 14.1. The number of carboxylic acids is 2. The highest BCUT2D eigenvalue weighted by molar-refractivity contribution is 5.86. The topological polar surface area (TPSA) is 159 Å². The summed E-state index contributed by atoms with van der Waals surface area (Å²) >= 11 is 0. The van der Waals surface area contributed by atoms with E-state index in [-0.39, 0.29) is 31.3 Å². The standard InChI is InChI=1S/C33H39N3O5.C2HF3O2/c34-22-26-16-18-28(19-17-26)31(37)36(35-29(32(38)39)20-24-10-4-1-5-11-24)30(21-25-12-6-2-7-13-25)33(40)41-23-27-14-8-3-9-15-27;3-2(4,5)1(6)7/h1-15,26,28-30,35H,16-23,34H2,(H,38,39);(H,6,7)/t26-,28-,29-,30-;/m0./s1. The van der Waals surface area contributed by atoms with E-state index in [1.165, 1.54) is 5.01 Å². The van der Waals surface area contributed by atoms with E-state index in [9.17, 15) is 32.7 Å². The van der Waals surface area contributed by atoms with Crippen LogP contribution in [0.3, 0.4) is 0 Å². The predicted octanol–water partition coefficient (Wildman–Crippen LogP) is 4.77. The number of hydrazine groups is 1.